The fourth-order valence-electron chi connectivity index (χ4n) is 8.53. The van der Waals surface area contributed by atoms with E-state index < -0.39 is 5.60 Å². The van der Waals surface area contributed by atoms with Gasteiger partial charge >= 0.3 is 0 Å². The van der Waals surface area contributed by atoms with Gasteiger partial charge in [0.1, 0.15) is 17.2 Å². The molecule has 17 nitrogen and oxygen atoms in total. The molecule has 1 amide bonds. The van der Waals surface area contributed by atoms with Crippen molar-refractivity contribution in [3.8, 4) is 39.8 Å². The molecule has 4 aromatic heterocycles. The summed E-state index contributed by atoms with van der Waals surface area (Å²) in [6.45, 7) is 7.90. The number of hydrogen-bond acceptors (Lipinski definition) is 14. The topological polar surface area (TPSA) is 174 Å². The number of hydrogen-bond donors (Lipinski definition) is 2. The molecule has 8 aromatic rings. The van der Waals surface area contributed by atoms with Crippen LogP contribution in [-0.2, 0) is 14.1 Å². The smallest absolute Gasteiger partial charge is 0.251 e. The van der Waals surface area contributed by atoms with Gasteiger partial charge in [0.05, 0.1) is 91.7 Å². The van der Waals surface area contributed by atoms with Crippen LogP contribution >= 0.6 is 0 Å². The zero-order valence-electron chi connectivity index (χ0n) is 41.3. The molecule has 2 N–H and O–H groups in total. The minimum Gasteiger partial charge on any atom is -0.497 e. The molecule has 70 heavy (non-hydrogen) atoms. The van der Waals surface area contributed by atoms with E-state index in [1.54, 1.807) is 76.1 Å². The molecule has 364 valence electrons. The predicted molar refractivity (Wildman–Crippen MR) is 275 cm³/mol. The molecular formula is C53H62N12O5. The second-order valence-electron chi connectivity index (χ2n) is 18.0. The highest BCUT2D eigenvalue weighted by Gasteiger charge is 2.23. The molecule has 0 bridgehead atoms. The largest absolute Gasteiger partial charge is 0.497 e. The third kappa shape index (κ3) is 12.0. The van der Waals surface area contributed by atoms with Gasteiger partial charge in [-0.05, 0) is 88.3 Å². The fourth-order valence-corrected chi connectivity index (χ4v) is 8.53. The normalized spacial score (nSPS) is 13.0. The van der Waals surface area contributed by atoms with Gasteiger partial charge in [-0.2, -0.15) is 10.2 Å². The van der Waals surface area contributed by atoms with Crippen molar-refractivity contribution in [1.82, 2.24) is 49.7 Å². The molecule has 0 spiro atoms. The van der Waals surface area contributed by atoms with Crippen molar-refractivity contribution in [2.45, 2.75) is 45.1 Å². The summed E-state index contributed by atoms with van der Waals surface area (Å²) in [6, 6.07) is 23.3. The van der Waals surface area contributed by atoms with Crippen molar-refractivity contribution >= 4 is 50.7 Å². The maximum atomic E-state index is 12.4. The van der Waals surface area contributed by atoms with Gasteiger partial charge < -0.3 is 39.3 Å². The van der Waals surface area contributed by atoms with Crippen molar-refractivity contribution in [3.63, 3.8) is 0 Å². The number of amides is 1. The lowest BCUT2D eigenvalue weighted by molar-refractivity contribution is 0.0898. The fraction of sp³-hybridized carbons (Fsp3) is 0.340. The lowest BCUT2D eigenvalue weighted by atomic mass is 10.1. The van der Waals surface area contributed by atoms with Crippen LogP contribution in [0.15, 0.2) is 110 Å². The summed E-state index contributed by atoms with van der Waals surface area (Å²) in [5, 5.41) is 21.8. The molecule has 0 aliphatic carbocycles. The minimum atomic E-state index is -1.02. The van der Waals surface area contributed by atoms with Crippen LogP contribution in [-0.4, -0.2) is 122 Å². The van der Waals surface area contributed by atoms with Gasteiger partial charge in [-0.15, -0.1) is 0 Å². The van der Waals surface area contributed by atoms with Gasteiger partial charge in [0, 0.05) is 110 Å². The Balaban J connectivity index is 0.000000189. The first-order valence-electron chi connectivity index (χ1n) is 23.5. The van der Waals surface area contributed by atoms with E-state index in [4.69, 9.17) is 24.2 Å². The maximum Gasteiger partial charge on any atom is 0.251 e. The number of carbonyl (C=O) groups excluding carboxylic acids is 1. The SMILES string of the molecule is CNC(=O)c1cc(OC)cc(N(CC(C)(C)O)c2ccc3ncc(-c4cnn(C)c4)nc3c2)c1.COc1cc(OC)cc(N(CCN2CCCCCC2)c2ccc3ncc(-c4cnn(C)c4)nc3c2)c1. The lowest BCUT2D eigenvalue weighted by Crippen LogP contribution is -2.36. The summed E-state index contributed by atoms with van der Waals surface area (Å²) in [7, 11) is 10.3. The predicted octanol–water partition coefficient (Wildman–Crippen LogP) is 8.37. The van der Waals surface area contributed by atoms with E-state index in [1.807, 2.05) is 80.2 Å². The number of nitrogens with one attached hydrogen (secondary N) is 1. The Morgan fingerprint density at radius 3 is 1.61 bits per heavy atom. The van der Waals surface area contributed by atoms with Crippen LogP contribution in [0.1, 0.15) is 49.9 Å². The second-order valence-corrected chi connectivity index (χ2v) is 18.0. The molecule has 9 rings (SSSR count). The van der Waals surface area contributed by atoms with Crippen LogP contribution in [0.5, 0.6) is 17.2 Å². The Kier molecular flexibility index (Phi) is 15.2. The van der Waals surface area contributed by atoms with E-state index in [2.05, 4.69) is 59.5 Å². The number of rotatable bonds is 15. The molecule has 0 radical (unpaired) electrons. The summed E-state index contributed by atoms with van der Waals surface area (Å²) in [5.41, 5.74) is 9.54. The van der Waals surface area contributed by atoms with Crippen LogP contribution < -0.4 is 29.3 Å². The molecule has 17 heteroatoms. The van der Waals surface area contributed by atoms with Gasteiger partial charge in [0.25, 0.3) is 5.91 Å². The average molecular weight is 947 g/mol. The number of aryl methyl sites for hydroxylation is 2. The van der Waals surface area contributed by atoms with E-state index in [-0.39, 0.29) is 12.5 Å². The number of aliphatic hydroxyl groups is 1. The van der Waals surface area contributed by atoms with Crippen molar-refractivity contribution in [1.29, 1.82) is 0 Å². The number of methoxy groups -OCH3 is 3. The first kappa shape index (κ1) is 48.8. The van der Waals surface area contributed by atoms with E-state index in [0.717, 1.165) is 93.8 Å². The van der Waals surface area contributed by atoms with Gasteiger partial charge in [-0.25, -0.2) is 9.97 Å². The summed E-state index contributed by atoms with van der Waals surface area (Å²) < 4.78 is 20.1. The molecule has 1 aliphatic heterocycles. The molecule has 0 saturated carbocycles. The highest BCUT2D eigenvalue weighted by molar-refractivity contribution is 5.96. The first-order chi connectivity index (χ1) is 33.8. The molecule has 1 saturated heterocycles. The highest BCUT2D eigenvalue weighted by atomic mass is 16.5. The van der Waals surface area contributed by atoms with Crippen molar-refractivity contribution < 1.29 is 24.1 Å². The molecule has 1 aliphatic rings. The van der Waals surface area contributed by atoms with Crippen LogP contribution in [0, 0.1) is 0 Å². The number of likely N-dealkylation sites (tertiary alicyclic amines) is 1. The third-order valence-electron chi connectivity index (χ3n) is 12.1. The number of anilines is 4. The van der Waals surface area contributed by atoms with Gasteiger partial charge in [-0.1, -0.05) is 12.8 Å². The Hall–Kier alpha value is -7.63. The van der Waals surface area contributed by atoms with Crippen LogP contribution in [0.3, 0.4) is 0 Å². The Morgan fingerprint density at radius 1 is 0.643 bits per heavy atom. The molecule has 0 unspecified atom stereocenters. The monoisotopic (exact) mass is 946 g/mol. The first-order valence-corrected chi connectivity index (χ1v) is 23.5. The standard InChI is InChI=1S/C28H34N6O2.C25H28N6O3/c1-32-20-21(18-30-32)28-19-29-26-9-8-22(16-27(26)31-28)34(13-12-33-10-6-4-5-7-11-33)23-14-24(35-2)17-25(15-23)36-3;1-25(2,33)15-31(19-8-16(24(32)26-3)9-20(10-19)34-5)18-6-7-21-22(11-18)29-23(13-27-21)17-12-28-30(4)14-17/h8-9,14-20H,4-7,10-13H2,1-3H3;6-14,33H,15H2,1-5H3,(H,26,32). The van der Waals surface area contributed by atoms with Crippen molar-refractivity contribution in [2.24, 2.45) is 14.1 Å². The van der Waals surface area contributed by atoms with Gasteiger partial charge in [0.15, 0.2) is 0 Å². The molecule has 4 aromatic carbocycles. The van der Waals surface area contributed by atoms with Gasteiger partial charge in [-0.3, -0.25) is 24.1 Å². The number of nitrogens with zero attached hydrogens (tertiary/aromatic N) is 11. The number of benzene rings is 4. The van der Waals surface area contributed by atoms with E-state index >= 15 is 0 Å². The zero-order valence-corrected chi connectivity index (χ0v) is 41.3. The van der Waals surface area contributed by atoms with E-state index in [1.165, 1.54) is 25.7 Å². The summed E-state index contributed by atoms with van der Waals surface area (Å²) >= 11 is 0. The summed E-state index contributed by atoms with van der Waals surface area (Å²) in [4.78, 5) is 38.1. The Labute approximate surface area is 408 Å². The third-order valence-corrected chi connectivity index (χ3v) is 12.1. The maximum absolute atomic E-state index is 12.4. The average Bonchev–Trinajstić information content (AvgIpc) is 3.93. The molecule has 5 heterocycles. The van der Waals surface area contributed by atoms with E-state index in [9.17, 15) is 9.90 Å². The number of ether oxygens (including phenoxy) is 3. The Morgan fingerprint density at radius 2 is 1.14 bits per heavy atom. The van der Waals surface area contributed by atoms with Crippen LogP contribution in [0.25, 0.3) is 44.6 Å². The Bertz CT molecular complexity index is 3040. The van der Waals surface area contributed by atoms with Crippen LogP contribution in [0.4, 0.5) is 22.7 Å². The quantitative estimate of drug-likeness (QED) is 0.100. The number of fused-ring (bicyclic) bond motifs is 2. The van der Waals surface area contributed by atoms with Gasteiger partial charge in [0.2, 0.25) is 0 Å². The molecular weight excluding hydrogens is 885 g/mol. The van der Waals surface area contributed by atoms with E-state index in [0.29, 0.717) is 22.5 Å². The van der Waals surface area contributed by atoms with Crippen molar-refractivity contribution in [2.75, 3.05) is 70.9 Å². The lowest BCUT2D eigenvalue weighted by Gasteiger charge is -2.31. The van der Waals surface area contributed by atoms with Crippen LogP contribution in [0.2, 0.25) is 0 Å². The van der Waals surface area contributed by atoms with Crippen molar-refractivity contribution in [3.05, 3.63) is 116 Å². The number of carbonyl (C=O) groups is 1. The second kappa shape index (κ2) is 21.8. The highest BCUT2D eigenvalue weighted by Crippen LogP contribution is 2.36. The molecule has 1 fully saturated rings. The zero-order chi connectivity index (χ0) is 49.4. The summed E-state index contributed by atoms with van der Waals surface area (Å²) in [5.74, 6) is 1.84. The molecule has 0 atom stereocenters. The summed E-state index contributed by atoms with van der Waals surface area (Å²) in [6.07, 6.45) is 16.1. The minimum absolute atomic E-state index is 0.228. The number of aromatic nitrogens is 8.